The third kappa shape index (κ3) is 5.72. The number of nitrogens with zero attached hydrogens (tertiary/aromatic N) is 4. The molecule has 0 atom stereocenters. The quantitative estimate of drug-likeness (QED) is 0.317. The van der Waals surface area contributed by atoms with E-state index >= 15 is 0 Å². The second kappa shape index (κ2) is 10.6. The third-order valence-electron chi connectivity index (χ3n) is 6.53. The molecular formula is C28H31FN6O2. The molecule has 37 heavy (non-hydrogen) atoms. The van der Waals surface area contributed by atoms with Crippen LogP contribution in [0.15, 0.2) is 54.7 Å². The zero-order valence-electron chi connectivity index (χ0n) is 21.3. The molecule has 0 bridgehead atoms. The Balaban J connectivity index is 1.29. The van der Waals surface area contributed by atoms with Crippen molar-refractivity contribution in [1.29, 1.82) is 0 Å². The number of carbonyl (C=O) groups excluding carboxylic acids is 1. The number of anilines is 3. The fraction of sp³-hybridized carbons (Fsp3) is 0.321. The van der Waals surface area contributed by atoms with E-state index in [2.05, 4.69) is 20.5 Å². The van der Waals surface area contributed by atoms with Crippen LogP contribution in [-0.2, 0) is 11.8 Å². The van der Waals surface area contributed by atoms with E-state index < -0.39 is 0 Å². The van der Waals surface area contributed by atoms with Gasteiger partial charge in [-0.05, 0) is 73.8 Å². The minimum Gasteiger partial charge on any atom is -0.457 e. The highest BCUT2D eigenvalue weighted by molar-refractivity contribution is 5.91. The molecule has 192 valence electrons. The van der Waals surface area contributed by atoms with E-state index in [-0.39, 0.29) is 17.6 Å². The van der Waals surface area contributed by atoms with Crippen LogP contribution in [0.4, 0.5) is 21.8 Å². The molecule has 1 amide bonds. The zero-order valence-corrected chi connectivity index (χ0v) is 21.3. The molecule has 4 aromatic rings. The number of aryl methyl sites for hydroxylation is 1. The summed E-state index contributed by atoms with van der Waals surface area (Å²) in [6.45, 7) is 6.22. The van der Waals surface area contributed by atoms with Crippen molar-refractivity contribution in [1.82, 2.24) is 19.4 Å². The highest BCUT2D eigenvalue weighted by Crippen LogP contribution is 2.30. The fourth-order valence-electron chi connectivity index (χ4n) is 4.55. The summed E-state index contributed by atoms with van der Waals surface area (Å²) in [7, 11) is 1.92. The van der Waals surface area contributed by atoms with E-state index in [9.17, 15) is 9.18 Å². The highest BCUT2D eigenvalue weighted by Gasteiger charge is 2.16. The first kappa shape index (κ1) is 24.7. The largest absolute Gasteiger partial charge is 0.457 e. The Bertz CT molecular complexity index is 1430. The van der Waals surface area contributed by atoms with Crippen molar-refractivity contribution in [2.45, 2.75) is 32.6 Å². The molecule has 0 saturated carbocycles. The summed E-state index contributed by atoms with van der Waals surface area (Å²) in [5, 5.41) is 6.15. The maximum Gasteiger partial charge on any atom is 0.239 e. The normalized spacial score (nSPS) is 13.9. The van der Waals surface area contributed by atoms with Gasteiger partial charge in [0.15, 0.2) is 0 Å². The minimum absolute atomic E-state index is 0.0778. The molecule has 1 aliphatic rings. The molecule has 0 radical (unpaired) electrons. The Morgan fingerprint density at radius 2 is 1.86 bits per heavy atom. The Morgan fingerprint density at radius 3 is 2.65 bits per heavy atom. The SMILES string of the molecule is CC(C)c1cc(Nc2nc3cc(Oc4ccnc(NC(=O)CN5CCCC5)c4)ccc3n2C)ccc1F. The highest BCUT2D eigenvalue weighted by atomic mass is 19.1. The molecule has 1 saturated heterocycles. The zero-order chi connectivity index (χ0) is 25.9. The molecule has 1 aliphatic heterocycles. The first-order valence-corrected chi connectivity index (χ1v) is 12.5. The molecule has 2 aromatic heterocycles. The molecule has 0 unspecified atom stereocenters. The average Bonchev–Trinajstić information content (AvgIpc) is 3.48. The number of fused-ring (bicyclic) bond motifs is 1. The standard InChI is InChI=1S/C28H31FN6O2/c1-18(2)22-14-19(6-8-23(22)29)31-28-32-24-15-20(7-9-25(24)34(28)3)37-21-10-11-30-26(16-21)33-27(36)17-35-12-4-5-13-35/h6-11,14-16,18H,4-5,12-13,17H2,1-3H3,(H,31,32)(H,30,33,36). The third-order valence-corrected chi connectivity index (χ3v) is 6.53. The van der Waals surface area contributed by atoms with Crippen LogP contribution in [0.3, 0.4) is 0 Å². The van der Waals surface area contributed by atoms with Gasteiger partial charge in [0.1, 0.15) is 23.1 Å². The molecule has 2 aromatic carbocycles. The second-order valence-electron chi connectivity index (χ2n) is 9.67. The molecule has 0 aliphatic carbocycles. The summed E-state index contributed by atoms with van der Waals surface area (Å²) in [6.07, 6.45) is 3.88. The Kier molecular flexibility index (Phi) is 7.05. The summed E-state index contributed by atoms with van der Waals surface area (Å²) in [5.41, 5.74) is 3.10. The lowest BCUT2D eigenvalue weighted by molar-refractivity contribution is -0.117. The number of amides is 1. The van der Waals surface area contributed by atoms with E-state index in [1.54, 1.807) is 24.4 Å². The van der Waals surface area contributed by atoms with Crippen LogP contribution >= 0.6 is 0 Å². The van der Waals surface area contributed by atoms with Crippen LogP contribution in [0.2, 0.25) is 0 Å². The molecule has 8 nitrogen and oxygen atoms in total. The van der Waals surface area contributed by atoms with Gasteiger partial charge in [0.2, 0.25) is 11.9 Å². The predicted molar refractivity (Wildman–Crippen MR) is 143 cm³/mol. The number of pyridine rings is 1. The summed E-state index contributed by atoms with van der Waals surface area (Å²) < 4.78 is 22.1. The lowest BCUT2D eigenvalue weighted by Crippen LogP contribution is -2.31. The van der Waals surface area contributed by atoms with Crippen molar-refractivity contribution in [3.05, 3.63) is 66.1 Å². The Hall–Kier alpha value is -3.98. The topological polar surface area (TPSA) is 84.3 Å². The van der Waals surface area contributed by atoms with Gasteiger partial charge < -0.3 is 19.9 Å². The van der Waals surface area contributed by atoms with Crippen molar-refractivity contribution >= 4 is 34.4 Å². The molecule has 9 heteroatoms. The van der Waals surface area contributed by atoms with Crippen molar-refractivity contribution < 1.29 is 13.9 Å². The summed E-state index contributed by atoms with van der Waals surface area (Å²) in [6, 6.07) is 14.1. The second-order valence-corrected chi connectivity index (χ2v) is 9.67. The van der Waals surface area contributed by atoms with Gasteiger partial charge >= 0.3 is 0 Å². The van der Waals surface area contributed by atoms with Crippen LogP contribution in [0, 0.1) is 5.82 Å². The van der Waals surface area contributed by atoms with E-state index in [4.69, 9.17) is 9.72 Å². The number of halogens is 1. The van der Waals surface area contributed by atoms with Gasteiger partial charge in [0.05, 0.1) is 17.6 Å². The Labute approximate surface area is 215 Å². The van der Waals surface area contributed by atoms with Gasteiger partial charge in [-0.1, -0.05) is 13.8 Å². The number of rotatable bonds is 8. The van der Waals surface area contributed by atoms with Gasteiger partial charge in [0.25, 0.3) is 0 Å². The molecule has 0 spiro atoms. The monoisotopic (exact) mass is 502 g/mol. The van der Waals surface area contributed by atoms with Crippen LogP contribution in [-0.4, -0.2) is 45.0 Å². The lowest BCUT2D eigenvalue weighted by Gasteiger charge is -2.14. The number of carbonyl (C=O) groups is 1. The summed E-state index contributed by atoms with van der Waals surface area (Å²) in [5.74, 6) is 2.05. The first-order valence-electron chi connectivity index (χ1n) is 12.5. The summed E-state index contributed by atoms with van der Waals surface area (Å²) >= 11 is 0. The Morgan fingerprint density at radius 1 is 1.08 bits per heavy atom. The molecule has 2 N–H and O–H groups in total. The fourth-order valence-corrected chi connectivity index (χ4v) is 4.55. The van der Waals surface area contributed by atoms with Gasteiger partial charge in [0, 0.05) is 31.1 Å². The van der Waals surface area contributed by atoms with Crippen molar-refractivity contribution in [3.8, 4) is 11.5 Å². The summed E-state index contributed by atoms with van der Waals surface area (Å²) in [4.78, 5) is 23.4. The smallest absolute Gasteiger partial charge is 0.239 e. The molecule has 5 rings (SSSR count). The van der Waals surface area contributed by atoms with Crippen molar-refractivity contribution in [2.75, 3.05) is 30.3 Å². The van der Waals surface area contributed by atoms with Crippen LogP contribution in [0.1, 0.15) is 38.2 Å². The van der Waals surface area contributed by atoms with Gasteiger partial charge in [-0.3, -0.25) is 9.69 Å². The number of ether oxygens (including phenoxy) is 1. The van der Waals surface area contributed by atoms with Crippen molar-refractivity contribution in [2.24, 2.45) is 7.05 Å². The average molecular weight is 503 g/mol. The van der Waals surface area contributed by atoms with E-state index in [1.165, 1.54) is 6.07 Å². The van der Waals surface area contributed by atoms with E-state index in [0.717, 1.165) is 42.7 Å². The number of benzene rings is 2. The number of imidazole rings is 1. The number of hydrogen-bond acceptors (Lipinski definition) is 6. The van der Waals surface area contributed by atoms with Gasteiger partial charge in [-0.2, -0.15) is 0 Å². The maximum absolute atomic E-state index is 14.1. The van der Waals surface area contributed by atoms with Gasteiger partial charge in [-0.15, -0.1) is 0 Å². The van der Waals surface area contributed by atoms with Gasteiger partial charge in [-0.25, -0.2) is 14.4 Å². The number of nitrogens with one attached hydrogen (secondary N) is 2. The van der Waals surface area contributed by atoms with E-state index in [1.807, 2.05) is 49.7 Å². The molecule has 1 fully saturated rings. The van der Waals surface area contributed by atoms with Crippen LogP contribution in [0.5, 0.6) is 11.5 Å². The first-order chi connectivity index (χ1) is 17.9. The molecular weight excluding hydrogens is 471 g/mol. The minimum atomic E-state index is -0.210. The van der Waals surface area contributed by atoms with E-state index in [0.29, 0.717) is 35.4 Å². The van der Waals surface area contributed by atoms with Crippen LogP contribution in [0.25, 0.3) is 11.0 Å². The molecule has 3 heterocycles. The lowest BCUT2D eigenvalue weighted by atomic mass is 10.0. The number of aromatic nitrogens is 3. The predicted octanol–water partition coefficient (Wildman–Crippen LogP) is 5.80. The number of hydrogen-bond donors (Lipinski definition) is 2. The number of likely N-dealkylation sites (tertiary alicyclic amines) is 1. The van der Waals surface area contributed by atoms with Crippen LogP contribution < -0.4 is 15.4 Å². The van der Waals surface area contributed by atoms with Crippen molar-refractivity contribution in [3.63, 3.8) is 0 Å². The maximum atomic E-state index is 14.1.